The number of allylic oxidation sites excluding steroid dienone is 2. The number of ether oxygens (including phenoxy) is 4. The summed E-state index contributed by atoms with van der Waals surface area (Å²) in [4.78, 5) is 0. The molecular weight excluding hydrogens is 407 g/mol. The third kappa shape index (κ3) is 6.73. The fourth-order valence-corrected chi connectivity index (χ4v) is 3.43. The highest BCUT2D eigenvalue weighted by molar-refractivity contribution is 5.33. The summed E-state index contributed by atoms with van der Waals surface area (Å²) in [6, 6.07) is 8.22. The first kappa shape index (κ1) is 25.7. The van der Waals surface area contributed by atoms with Crippen molar-refractivity contribution in [1.29, 1.82) is 0 Å². The zero-order valence-electron chi connectivity index (χ0n) is 20.0. The van der Waals surface area contributed by atoms with Gasteiger partial charge >= 0.3 is 0 Å². The predicted molar refractivity (Wildman–Crippen MR) is 127 cm³/mol. The zero-order valence-corrected chi connectivity index (χ0v) is 20.0. The first-order valence-electron chi connectivity index (χ1n) is 11.0. The summed E-state index contributed by atoms with van der Waals surface area (Å²) in [7, 11) is 0. The largest absolute Gasteiger partial charge is 0.501 e. The van der Waals surface area contributed by atoms with Gasteiger partial charge in [0, 0.05) is 5.92 Å². The first-order chi connectivity index (χ1) is 15.1. The van der Waals surface area contributed by atoms with Crippen LogP contribution in [0.2, 0.25) is 0 Å². The molecule has 0 N–H and O–H groups in total. The molecule has 2 atom stereocenters. The Hall–Kier alpha value is -2.53. The Morgan fingerprint density at radius 1 is 0.969 bits per heavy atom. The van der Waals surface area contributed by atoms with Crippen molar-refractivity contribution in [2.75, 3.05) is 26.4 Å². The van der Waals surface area contributed by atoms with Crippen LogP contribution in [0.3, 0.4) is 0 Å². The number of benzene rings is 1. The molecule has 0 bridgehead atoms. The lowest BCUT2D eigenvalue weighted by Crippen LogP contribution is -2.33. The lowest BCUT2D eigenvalue weighted by molar-refractivity contribution is 0.00760. The normalized spacial score (nSPS) is 18.9. The topological polar surface area (TPSA) is 36.9 Å². The summed E-state index contributed by atoms with van der Waals surface area (Å²) < 4.78 is 36.6. The molecule has 0 saturated heterocycles. The van der Waals surface area contributed by atoms with Crippen molar-refractivity contribution >= 4 is 0 Å². The molecule has 0 amide bonds. The molecule has 1 aliphatic rings. The van der Waals surface area contributed by atoms with Crippen molar-refractivity contribution in [2.24, 2.45) is 11.3 Å². The van der Waals surface area contributed by atoms with Crippen LogP contribution in [0.1, 0.15) is 40.2 Å². The molecule has 1 aromatic rings. The van der Waals surface area contributed by atoms with Gasteiger partial charge < -0.3 is 18.9 Å². The number of halogens is 1. The second kappa shape index (κ2) is 11.4. The lowest BCUT2D eigenvalue weighted by atomic mass is 9.65. The molecule has 1 aromatic carbocycles. The highest BCUT2D eigenvalue weighted by atomic mass is 19.1. The Bertz CT molecular complexity index is 815. The minimum atomic E-state index is -0.382. The van der Waals surface area contributed by atoms with Gasteiger partial charge in [-0.1, -0.05) is 59.9 Å². The van der Waals surface area contributed by atoms with Crippen molar-refractivity contribution in [3.05, 3.63) is 79.1 Å². The van der Waals surface area contributed by atoms with Gasteiger partial charge in [-0.3, -0.25) is 0 Å². The standard InChI is InChI=1S/C27H37FO4/c1-8-29-18-20-16-23(28)17-21(19-30-9-2)25(20)32-15-14-31-24-12-10-22(11-13-24)27(6,7)26(3,4)5/h8-13,16-17,20,25H,1-2,14-15,18-19H2,3-7H3. The van der Waals surface area contributed by atoms with Crippen LogP contribution in [0.25, 0.3) is 0 Å². The lowest BCUT2D eigenvalue weighted by Gasteiger charge is -2.39. The summed E-state index contributed by atoms with van der Waals surface area (Å²) in [5.74, 6) is 0.161. The minimum Gasteiger partial charge on any atom is -0.501 e. The third-order valence-corrected chi connectivity index (χ3v) is 6.33. The first-order valence-corrected chi connectivity index (χ1v) is 11.0. The van der Waals surface area contributed by atoms with Crippen LogP contribution in [0.15, 0.2) is 73.5 Å². The van der Waals surface area contributed by atoms with Gasteiger partial charge in [0.05, 0.1) is 31.8 Å². The van der Waals surface area contributed by atoms with Crippen molar-refractivity contribution in [2.45, 2.75) is 46.1 Å². The summed E-state index contributed by atoms with van der Waals surface area (Å²) >= 11 is 0. The van der Waals surface area contributed by atoms with Crippen LogP contribution in [-0.4, -0.2) is 32.5 Å². The summed E-state index contributed by atoms with van der Waals surface area (Å²) in [6.45, 7) is 19.5. The molecule has 4 nitrogen and oxygen atoms in total. The van der Waals surface area contributed by atoms with Crippen LogP contribution in [0.4, 0.5) is 4.39 Å². The Morgan fingerprint density at radius 3 is 2.22 bits per heavy atom. The van der Waals surface area contributed by atoms with E-state index in [1.807, 2.05) is 12.1 Å². The molecule has 0 heterocycles. The quantitative estimate of drug-likeness (QED) is 0.272. The fourth-order valence-electron chi connectivity index (χ4n) is 3.43. The summed E-state index contributed by atoms with van der Waals surface area (Å²) in [5, 5.41) is 0. The van der Waals surface area contributed by atoms with Gasteiger partial charge in [0.25, 0.3) is 0 Å². The van der Waals surface area contributed by atoms with E-state index in [0.717, 1.165) is 5.75 Å². The maximum atomic E-state index is 14.1. The third-order valence-electron chi connectivity index (χ3n) is 6.33. The molecular formula is C27H37FO4. The maximum Gasteiger partial charge on any atom is 0.119 e. The van der Waals surface area contributed by atoms with E-state index in [1.165, 1.54) is 30.2 Å². The Morgan fingerprint density at radius 2 is 1.62 bits per heavy atom. The van der Waals surface area contributed by atoms with Crippen molar-refractivity contribution in [3.8, 4) is 5.75 Å². The summed E-state index contributed by atoms with van der Waals surface area (Å²) in [6.07, 6.45) is 5.23. The second-order valence-electron chi connectivity index (χ2n) is 9.45. The van der Waals surface area contributed by atoms with Crippen molar-refractivity contribution in [3.63, 3.8) is 0 Å². The molecule has 0 spiro atoms. The van der Waals surface area contributed by atoms with Gasteiger partial charge in [-0.2, -0.15) is 0 Å². The van der Waals surface area contributed by atoms with E-state index in [-0.39, 0.29) is 41.9 Å². The van der Waals surface area contributed by atoms with Crippen LogP contribution < -0.4 is 4.74 Å². The maximum absolute atomic E-state index is 14.1. The monoisotopic (exact) mass is 444 g/mol. The molecule has 0 radical (unpaired) electrons. The molecule has 2 rings (SSSR count). The highest BCUT2D eigenvalue weighted by Gasteiger charge is 2.34. The molecule has 0 aliphatic heterocycles. The smallest absolute Gasteiger partial charge is 0.119 e. The molecule has 32 heavy (non-hydrogen) atoms. The van der Waals surface area contributed by atoms with Gasteiger partial charge in [0.1, 0.15) is 24.8 Å². The average Bonchev–Trinajstić information content (AvgIpc) is 2.74. The van der Waals surface area contributed by atoms with Gasteiger partial charge in [-0.05, 0) is 46.3 Å². The Labute approximate surface area is 192 Å². The second-order valence-corrected chi connectivity index (χ2v) is 9.45. The van der Waals surface area contributed by atoms with Crippen LogP contribution >= 0.6 is 0 Å². The van der Waals surface area contributed by atoms with Crippen LogP contribution in [0.5, 0.6) is 5.75 Å². The Kier molecular flexibility index (Phi) is 9.14. The van der Waals surface area contributed by atoms with E-state index >= 15 is 0 Å². The van der Waals surface area contributed by atoms with E-state index in [2.05, 4.69) is 59.9 Å². The minimum absolute atomic E-state index is 0.0389. The van der Waals surface area contributed by atoms with E-state index in [4.69, 9.17) is 18.9 Å². The van der Waals surface area contributed by atoms with Gasteiger partial charge in [-0.15, -0.1) is 0 Å². The predicted octanol–water partition coefficient (Wildman–Crippen LogP) is 6.50. The van der Waals surface area contributed by atoms with E-state index in [0.29, 0.717) is 18.8 Å². The molecule has 0 fully saturated rings. The molecule has 1 aliphatic carbocycles. The van der Waals surface area contributed by atoms with E-state index < -0.39 is 0 Å². The van der Waals surface area contributed by atoms with Gasteiger partial charge in [0.2, 0.25) is 0 Å². The van der Waals surface area contributed by atoms with Gasteiger partial charge in [0.15, 0.2) is 0 Å². The Balaban J connectivity index is 1.96. The van der Waals surface area contributed by atoms with Crippen molar-refractivity contribution in [1.82, 2.24) is 0 Å². The summed E-state index contributed by atoms with van der Waals surface area (Å²) in [5.41, 5.74) is 2.14. The van der Waals surface area contributed by atoms with Gasteiger partial charge in [-0.25, -0.2) is 4.39 Å². The highest BCUT2D eigenvalue weighted by Crippen LogP contribution is 2.41. The zero-order chi connectivity index (χ0) is 23.8. The number of hydrogen-bond donors (Lipinski definition) is 0. The molecule has 0 saturated carbocycles. The van der Waals surface area contributed by atoms with Crippen molar-refractivity contribution < 1.29 is 23.3 Å². The molecule has 0 aromatic heterocycles. The molecule has 5 heteroatoms. The number of hydrogen-bond acceptors (Lipinski definition) is 4. The SMILES string of the molecule is C=COCC1=CC(F)=CC(COC=C)C1OCCOc1ccc(C(C)(C)C(C)(C)C)cc1. The van der Waals surface area contributed by atoms with Crippen LogP contribution in [0, 0.1) is 11.3 Å². The molecule has 2 unspecified atom stereocenters. The average molecular weight is 445 g/mol. The van der Waals surface area contributed by atoms with E-state index in [1.54, 1.807) is 0 Å². The molecule has 176 valence electrons. The fraction of sp³-hybridized carbons (Fsp3) is 0.481. The number of rotatable bonds is 12. The van der Waals surface area contributed by atoms with Crippen LogP contribution in [-0.2, 0) is 19.6 Å². The van der Waals surface area contributed by atoms with E-state index in [9.17, 15) is 4.39 Å².